The van der Waals surface area contributed by atoms with Gasteiger partial charge in [0.2, 0.25) is 0 Å². The maximum absolute atomic E-state index is 4.40. The Labute approximate surface area is 101 Å². The van der Waals surface area contributed by atoms with E-state index >= 15 is 0 Å². The molecule has 0 bridgehead atoms. The molecule has 3 rings (SSSR count). The van der Waals surface area contributed by atoms with E-state index in [0.29, 0.717) is 0 Å². The number of aromatic nitrogens is 1. The number of rotatable bonds is 1. The highest BCUT2D eigenvalue weighted by molar-refractivity contribution is 5.82. The van der Waals surface area contributed by atoms with Crippen LogP contribution in [0.1, 0.15) is 18.9 Å². The molecule has 1 aliphatic rings. The summed E-state index contributed by atoms with van der Waals surface area (Å²) in [5, 5.41) is 4.68. The van der Waals surface area contributed by atoms with Crippen LogP contribution in [0.3, 0.4) is 0 Å². The van der Waals surface area contributed by atoms with Gasteiger partial charge in [0.25, 0.3) is 0 Å². The van der Waals surface area contributed by atoms with Gasteiger partial charge in [0.15, 0.2) is 0 Å². The molecule has 1 aromatic carbocycles. The van der Waals surface area contributed by atoms with Crippen molar-refractivity contribution in [2.24, 2.45) is 5.92 Å². The number of pyridine rings is 1. The number of nitrogens with zero attached hydrogens (tertiary/aromatic N) is 1. The van der Waals surface area contributed by atoms with E-state index in [1.54, 1.807) is 0 Å². The molecule has 1 aliphatic heterocycles. The molecule has 2 nitrogen and oxygen atoms in total. The van der Waals surface area contributed by atoms with Gasteiger partial charge < -0.3 is 5.32 Å². The highest BCUT2D eigenvalue weighted by Gasteiger charge is 2.10. The monoisotopic (exact) mass is 224 g/mol. The molecule has 1 aromatic heterocycles. The van der Waals surface area contributed by atoms with Crippen molar-refractivity contribution in [2.45, 2.75) is 13.3 Å². The first-order valence-electron chi connectivity index (χ1n) is 6.12. The molecule has 1 atom stereocenters. The van der Waals surface area contributed by atoms with Crippen LogP contribution in [0.2, 0.25) is 0 Å². The molecule has 0 saturated heterocycles. The van der Waals surface area contributed by atoms with Crippen LogP contribution in [0.4, 0.5) is 0 Å². The fourth-order valence-electron chi connectivity index (χ4n) is 2.21. The largest absolute Gasteiger partial charge is 0.385 e. The van der Waals surface area contributed by atoms with Gasteiger partial charge in [0.1, 0.15) is 0 Å². The molecule has 1 unspecified atom stereocenters. The van der Waals surface area contributed by atoms with Crippen LogP contribution < -0.4 is 5.32 Å². The zero-order valence-corrected chi connectivity index (χ0v) is 9.98. The Morgan fingerprint density at radius 2 is 2.24 bits per heavy atom. The van der Waals surface area contributed by atoms with Crippen LogP contribution in [0.5, 0.6) is 0 Å². The Hall–Kier alpha value is -1.83. The van der Waals surface area contributed by atoms with Gasteiger partial charge in [-0.1, -0.05) is 31.2 Å². The molecule has 17 heavy (non-hydrogen) atoms. The standard InChI is InChI=1S/C15H16N2/c1-11-4-7-14(17-10-11)13-6-5-12-3-2-8-16-15(12)9-13/h2-3,5-9,11,17H,4,10H2,1H3. The molecule has 0 spiro atoms. The van der Waals surface area contributed by atoms with Gasteiger partial charge in [-0.2, -0.15) is 0 Å². The second-order valence-corrected chi connectivity index (χ2v) is 4.75. The average Bonchev–Trinajstić information content (AvgIpc) is 2.39. The third-order valence-corrected chi connectivity index (χ3v) is 3.28. The van der Waals surface area contributed by atoms with Crippen molar-refractivity contribution in [3.8, 4) is 0 Å². The van der Waals surface area contributed by atoms with Gasteiger partial charge >= 0.3 is 0 Å². The number of fused-ring (bicyclic) bond motifs is 1. The summed E-state index contributed by atoms with van der Waals surface area (Å²) in [7, 11) is 0. The number of hydrogen-bond donors (Lipinski definition) is 1. The smallest absolute Gasteiger partial charge is 0.0708 e. The van der Waals surface area contributed by atoms with Gasteiger partial charge in [-0.25, -0.2) is 0 Å². The first kappa shape index (κ1) is 10.3. The molecule has 0 radical (unpaired) electrons. The molecule has 2 aromatic rings. The lowest BCUT2D eigenvalue weighted by atomic mass is 9.99. The lowest BCUT2D eigenvalue weighted by molar-refractivity contribution is 0.550. The summed E-state index contributed by atoms with van der Waals surface area (Å²) in [6.07, 6.45) is 5.29. The average molecular weight is 224 g/mol. The summed E-state index contributed by atoms with van der Waals surface area (Å²) in [6, 6.07) is 10.5. The van der Waals surface area contributed by atoms with Crippen molar-refractivity contribution in [1.29, 1.82) is 0 Å². The van der Waals surface area contributed by atoms with Gasteiger partial charge in [-0.15, -0.1) is 0 Å². The third kappa shape index (κ3) is 2.03. The molecule has 2 heteroatoms. The summed E-state index contributed by atoms with van der Waals surface area (Å²) in [5.41, 5.74) is 3.55. The van der Waals surface area contributed by atoms with Crippen LogP contribution in [-0.2, 0) is 0 Å². The van der Waals surface area contributed by atoms with Crippen molar-refractivity contribution >= 4 is 16.6 Å². The maximum atomic E-state index is 4.40. The number of nitrogens with one attached hydrogen (secondary N) is 1. The molecule has 1 N–H and O–H groups in total. The van der Waals surface area contributed by atoms with Gasteiger partial charge in [0, 0.05) is 23.8 Å². The van der Waals surface area contributed by atoms with Crippen LogP contribution in [0.15, 0.2) is 42.6 Å². The van der Waals surface area contributed by atoms with E-state index in [4.69, 9.17) is 0 Å². The second-order valence-electron chi connectivity index (χ2n) is 4.75. The molecule has 0 amide bonds. The van der Waals surface area contributed by atoms with Crippen LogP contribution >= 0.6 is 0 Å². The molecular weight excluding hydrogens is 208 g/mol. The van der Waals surface area contributed by atoms with Gasteiger partial charge in [0.05, 0.1) is 5.52 Å². The summed E-state index contributed by atoms with van der Waals surface area (Å²) < 4.78 is 0. The van der Waals surface area contributed by atoms with E-state index in [2.05, 4.69) is 47.6 Å². The molecular formula is C15H16N2. The Balaban J connectivity index is 2.01. The molecule has 0 saturated carbocycles. The fraction of sp³-hybridized carbons (Fsp3) is 0.267. The number of benzene rings is 1. The van der Waals surface area contributed by atoms with Crippen molar-refractivity contribution < 1.29 is 0 Å². The number of hydrogen-bond acceptors (Lipinski definition) is 2. The lowest BCUT2D eigenvalue weighted by Gasteiger charge is -2.21. The SMILES string of the molecule is CC1CC=C(c2ccc3cccnc3c2)NC1. The normalized spacial score (nSPS) is 19.8. The molecule has 86 valence electrons. The van der Waals surface area contributed by atoms with E-state index in [0.717, 1.165) is 24.4 Å². The summed E-state index contributed by atoms with van der Waals surface area (Å²) >= 11 is 0. The quantitative estimate of drug-likeness (QED) is 0.804. The van der Waals surface area contributed by atoms with E-state index < -0.39 is 0 Å². The van der Waals surface area contributed by atoms with Crippen LogP contribution in [0.25, 0.3) is 16.6 Å². The van der Waals surface area contributed by atoms with Crippen molar-refractivity contribution in [2.75, 3.05) is 6.54 Å². The predicted octanol–water partition coefficient (Wildman–Crippen LogP) is 3.21. The topological polar surface area (TPSA) is 24.9 Å². The minimum atomic E-state index is 0.734. The zero-order valence-electron chi connectivity index (χ0n) is 9.98. The summed E-state index contributed by atoms with van der Waals surface area (Å²) in [4.78, 5) is 4.40. The Morgan fingerprint density at radius 1 is 1.29 bits per heavy atom. The predicted molar refractivity (Wildman–Crippen MR) is 71.5 cm³/mol. The van der Waals surface area contributed by atoms with Crippen molar-refractivity contribution in [3.63, 3.8) is 0 Å². The van der Waals surface area contributed by atoms with Crippen LogP contribution in [0, 0.1) is 5.92 Å². The Bertz CT molecular complexity index is 572. The first-order valence-corrected chi connectivity index (χ1v) is 6.12. The number of allylic oxidation sites excluding steroid dienone is 1. The van der Waals surface area contributed by atoms with E-state index in [9.17, 15) is 0 Å². The third-order valence-electron chi connectivity index (χ3n) is 3.28. The summed E-state index contributed by atoms with van der Waals surface area (Å²) in [6.45, 7) is 3.33. The summed E-state index contributed by atoms with van der Waals surface area (Å²) in [5.74, 6) is 0.734. The molecule has 0 fully saturated rings. The maximum Gasteiger partial charge on any atom is 0.0708 e. The fourth-order valence-corrected chi connectivity index (χ4v) is 2.21. The van der Waals surface area contributed by atoms with Gasteiger partial charge in [-0.3, -0.25) is 4.98 Å². The first-order chi connectivity index (χ1) is 8.33. The molecule has 0 aliphatic carbocycles. The minimum Gasteiger partial charge on any atom is -0.385 e. The molecule has 2 heterocycles. The second kappa shape index (κ2) is 4.21. The van der Waals surface area contributed by atoms with Crippen molar-refractivity contribution in [1.82, 2.24) is 10.3 Å². The van der Waals surface area contributed by atoms with Gasteiger partial charge in [-0.05, 0) is 30.0 Å². The van der Waals surface area contributed by atoms with Crippen LogP contribution in [-0.4, -0.2) is 11.5 Å². The zero-order chi connectivity index (χ0) is 11.7. The van der Waals surface area contributed by atoms with E-state index in [1.165, 1.54) is 16.6 Å². The Kier molecular flexibility index (Phi) is 2.56. The Morgan fingerprint density at radius 3 is 3.06 bits per heavy atom. The highest BCUT2D eigenvalue weighted by atomic mass is 14.9. The lowest BCUT2D eigenvalue weighted by Crippen LogP contribution is -2.23. The highest BCUT2D eigenvalue weighted by Crippen LogP contribution is 2.22. The van der Waals surface area contributed by atoms with E-state index in [1.807, 2.05) is 12.3 Å². The van der Waals surface area contributed by atoms with E-state index in [-0.39, 0.29) is 0 Å². The van der Waals surface area contributed by atoms with Crippen molar-refractivity contribution in [3.05, 3.63) is 48.2 Å². The minimum absolute atomic E-state index is 0.734.